The first-order chi connectivity index (χ1) is 28.7. The zero-order chi connectivity index (χ0) is 43.3. The average molecular weight is 849 g/mol. The molecule has 10 nitrogen and oxygen atoms in total. The van der Waals surface area contributed by atoms with Gasteiger partial charge in [-0.1, -0.05) is 150 Å². The Labute approximate surface area is 358 Å². The molecule has 0 aliphatic heterocycles. The molecule has 0 aromatic heterocycles. The number of hydrogen-bond donors (Lipinski definition) is 3. The first kappa shape index (κ1) is 56.1. The Bertz CT molecular complexity index is 1250. The molecule has 0 rings (SSSR count). The molecule has 0 aliphatic rings. The third kappa shape index (κ3) is 43.1. The summed E-state index contributed by atoms with van der Waals surface area (Å²) in [7, 11) is -4.64. The molecule has 0 bridgehead atoms. The molecule has 1 unspecified atom stereocenters. The summed E-state index contributed by atoms with van der Waals surface area (Å²) in [6.45, 7) is 2.24. The lowest BCUT2D eigenvalue weighted by atomic mass is 10.1. The third-order valence-corrected chi connectivity index (χ3v) is 9.97. The van der Waals surface area contributed by atoms with Gasteiger partial charge in [-0.05, 0) is 89.9 Å². The highest BCUT2D eigenvalue weighted by atomic mass is 31.2. The zero-order valence-corrected chi connectivity index (χ0v) is 37.6. The second-order valence-corrected chi connectivity index (χ2v) is 16.2. The van der Waals surface area contributed by atoms with E-state index >= 15 is 0 Å². The molecule has 0 saturated carbocycles. The van der Waals surface area contributed by atoms with Gasteiger partial charge in [0, 0.05) is 12.8 Å². The quantitative estimate of drug-likeness (QED) is 0.0235. The molecule has 338 valence electrons. The summed E-state index contributed by atoms with van der Waals surface area (Å²) < 4.78 is 32.7. The van der Waals surface area contributed by atoms with Gasteiger partial charge in [0.25, 0.3) is 0 Å². The summed E-state index contributed by atoms with van der Waals surface area (Å²) in [6.07, 6.45) is 51.2. The Hall–Kier alpha value is -2.85. The van der Waals surface area contributed by atoms with Crippen LogP contribution in [-0.2, 0) is 32.7 Å². The van der Waals surface area contributed by atoms with E-state index in [2.05, 4.69) is 97.4 Å². The lowest BCUT2D eigenvalue weighted by Gasteiger charge is -2.20. The maximum Gasteiger partial charge on any atom is 0.472 e. The lowest BCUT2D eigenvalue weighted by molar-refractivity contribution is -0.161. The van der Waals surface area contributed by atoms with E-state index in [1.165, 1.54) is 64.2 Å². The summed E-state index contributed by atoms with van der Waals surface area (Å²) in [5.74, 6) is -1.03. The number of rotatable bonds is 41. The minimum Gasteiger partial charge on any atom is -0.462 e. The molecule has 3 atom stereocenters. The monoisotopic (exact) mass is 849 g/mol. The molecule has 0 radical (unpaired) electrons. The van der Waals surface area contributed by atoms with Crippen molar-refractivity contribution in [2.24, 2.45) is 0 Å². The predicted octanol–water partition coefficient (Wildman–Crippen LogP) is 12.2. The Balaban J connectivity index is 4.44. The van der Waals surface area contributed by atoms with Crippen LogP contribution in [0.25, 0.3) is 0 Å². The average Bonchev–Trinajstić information content (AvgIpc) is 3.22. The number of carbonyl (C=O) groups is 2. The maximum atomic E-state index is 12.6. The first-order valence-corrected chi connectivity index (χ1v) is 24.0. The summed E-state index contributed by atoms with van der Waals surface area (Å²) in [5.41, 5.74) is 0. The summed E-state index contributed by atoms with van der Waals surface area (Å²) in [4.78, 5) is 35.0. The molecule has 0 saturated heterocycles. The van der Waals surface area contributed by atoms with Gasteiger partial charge in [-0.2, -0.15) is 0 Å². The maximum absolute atomic E-state index is 12.6. The standard InChI is InChI=1S/C48H81O10P/c1-3-5-7-9-11-13-15-17-19-21-22-24-26-28-30-32-34-36-38-40-48(52)58-46(44-57-59(53,54)56-42-45(50)41-49)43-55-47(51)39-37-35-33-31-29-27-25-23-20-18-16-14-12-10-8-6-4-2/h11,13,17-20,22,24-25,27-28,30-31,33,45-46,49-50H,3-10,12,14-16,21,23,26,29,32,34-44H2,1-2H3,(H,53,54)/b13-11+,19-17+,20-18+,24-22+,27-25+,30-28+,33-31+/t45-,46+/m0/s1. The predicted molar refractivity (Wildman–Crippen MR) is 242 cm³/mol. The van der Waals surface area contributed by atoms with Gasteiger partial charge in [0.2, 0.25) is 0 Å². The van der Waals surface area contributed by atoms with E-state index in [0.29, 0.717) is 19.3 Å². The van der Waals surface area contributed by atoms with Crippen molar-refractivity contribution < 1.29 is 47.8 Å². The van der Waals surface area contributed by atoms with E-state index in [4.69, 9.17) is 19.1 Å². The Morgan fingerprint density at radius 2 is 0.898 bits per heavy atom. The number of unbranched alkanes of at least 4 members (excludes halogenated alkanes) is 13. The highest BCUT2D eigenvalue weighted by Crippen LogP contribution is 2.43. The van der Waals surface area contributed by atoms with E-state index in [0.717, 1.165) is 57.8 Å². The van der Waals surface area contributed by atoms with Crippen LogP contribution in [0.4, 0.5) is 0 Å². The van der Waals surface area contributed by atoms with Gasteiger partial charge >= 0.3 is 19.8 Å². The van der Waals surface area contributed by atoms with Crippen molar-refractivity contribution in [3.8, 4) is 0 Å². The molecule has 59 heavy (non-hydrogen) atoms. The van der Waals surface area contributed by atoms with E-state index in [1.54, 1.807) is 0 Å². The van der Waals surface area contributed by atoms with Crippen LogP contribution in [0.5, 0.6) is 0 Å². The van der Waals surface area contributed by atoms with Gasteiger partial charge in [-0.25, -0.2) is 4.57 Å². The molecule has 0 spiro atoms. The number of carbonyl (C=O) groups excluding carboxylic acids is 2. The highest BCUT2D eigenvalue weighted by molar-refractivity contribution is 7.47. The van der Waals surface area contributed by atoms with Gasteiger partial charge in [-0.3, -0.25) is 18.6 Å². The molecule has 0 amide bonds. The number of esters is 2. The van der Waals surface area contributed by atoms with Crippen LogP contribution in [-0.4, -0.2) is 65.7 Å². The van der Waals surface area contributed by atoms with Crippen LogP contribution < -0.4 is 0 Å². The van der Waals surface area contributed by atoms with Crippen molar-refractivity contribution in [2.45, 2.75) is 180 Å². The summed E-state index contributed by atoms with van der Waals surface area (Å²) in [6, 6.07) is 0. The SMILES string of the molecule is CCCCC/C=C/C/C=C/C/C=C/C/C=C/CCCCCC(=O)O[C@H](COC(=O)CCC/C=C/C/C=C/C/C=C/CCCCCCCC)COP(=O)(O)OC[C@@H](O)CO. The van der Waals surface area contributed by atoms with Crippen molar-refractivity contribution in [2.75, 3.05) is 26.4 Å². The van der Waals surface area contributed by atoms with Crippen molar-refractivity contribution in [1.82, 2.24) is 0 Å². The summed E-state index contributed by atoms with van der Waals surface area (Å²) in [5, 5.41) is 18.3. The normalized spacial score (nSPS) is 14.6. The van der Waals surface area contributed by atoms with Gasteiger partial charge in [-0.15, -0.1) is 0 Å². The molecular weight excluding hydrogens is 767 g/mol. The van der Waals surface area contributed by atoms with Gasteiger partial charge in [0.1, 0.15) is 12.7 Å². The van der Waals surface area contributed by atoms with Crippen LogP contribution in [0.15, 0.2) is 85.1 Å². The first-order valence-electron chi connectivity index (χ1n) is 22.5. The number of hydrogen-bond acceptors (Lipinski definition) is 9. The van der Waals surface area contributed by atoms with Crippen LogP contribution in [0, 0.1) is 0 Å². The fraction of sp³-hybridized carbons (Fsp3) is 0.667. The summed E-state index contributed by atoms with van der Waals surface area (Å²) >= 11 is 0. The van der Waals surface area contributed by atoms with Crippen LogP contribution >= 0.6 is 7.82 Å². The minimum absolute atomic E-state index is 0.131. The molecule has 11 heteroatoms. The largest absolute Gasteiger partial charge is 0.472 e. The van der Waals surface area contributed by atoms with E-state index < -0.39 is 51.8 Å². The fourth-order valence-electron chi connectivity index (χ4n) is 5.52. The number of aliphatic hydroxyl groups excluding tert-OH is 2. The van der Waals surface area contributed by atoms with E-state index in [9.17, 15) is 24.2 Å². The number of aliphatic hydroxyl groups is 2. The number of ether oxygens (including phenoxy) is 2. The Morgan fingerprint density at radius 3 is 1.41 bits per heavy atom. The van der Waals surface area contributed by atoms with Gasteiger partial charge in [0.05, 0.1) is 19.8 Å². The van der Waals surface area contributed by atoms with Crippen LogP contribution in [0.1, 0.15) is 168 Å². The molecule has 0 fully saturated rings. The molecule has 0 aromatic carbocycles. The van der Waals surface area contributed by atoms with Crippen LogP contribution in [0.3, 0.4) is 0 Å². The Kier molecular flexibility index (Phi) is 41.2. The third-order valence-electron chi connectivity index (χ3n) is 9.02. The Morgan fingerprint density at radius 1 is 0.508 bits per heavy atom. The lowest BCUT2D eigenvalue weighted by Crippen LogP contribution is -2.29. The number of allylic oxidation sites excluding steroid dienone is 14. The second kappa shape index (κ2) is 43.2. The second-order valence-electron chi connectivity index (χ2n) is 14.7. The molecule has 0 aliphatic carbocycles. The molecule has 3 N–H and O–H groups in total. The molecule has 0 heterocycles. The van der Waals surface area contributed by atoms with Crippen molar-refractivity contribution in [1.29, 1.82) is 0 Å². The molecular formula is C48H81O10P. The zero-order valence-electron chi connectivity index (χ0n) is 36.7. The molecule has 0 aromatic rings. The van der Waals surface area contributed by atoms with E-state index in [1.807, 2.05) is 6.08 Å². The van der Waals surface area contributed by atoms with Crippen LogP contribution in [0.2, 0.25) is 0 Å². The van der Waals surface area contributed by atoms with Crippen molar-refractivity contribution in [3.05, 3.63) is 85.1 Å². The van der Waals surface area contributed by atoms with Crippen molar-refractivity contribution >= 4 is 19.8 Å². The topological polar surface area (TPSA) is 149 Å². The highest BCUT2D eigenvalue weighted by Gasteiger charge is 2.27. The number of phosphoric acid groups is 1. The fourth-order valence-corrected chi connectivity index (χ4v) is 6.31. The minimum atomic E-state index is -4.64. The smallest absolute Gasteiger partial charge is 0.462 e. The van der Waals surface area contributed by atoms with Crippen molar-refractivity contribution in [3.63, 3.8) is 0 Å². The van der Waals surface area contributed by atoms with Gasteiger partial charge in [0.15, 0.2) is 6.10 Å². The van der Waals surface area contributed by atoms with E-state index in [-0.39, 0.29) is 19.4 Å². The number of phosphoric ester groups is 1. The van der Waals surface area contributed by atoms with Gasteiger partial charge < -0.3 is 24.6 Å².